The number of ketones is 1. The summed E-state index contributed by atoms with van der Waals surface area (Å²) in [4.78, 5) is 25.0. The highest BCUT2D eigenvalue weighted by molar-refractivity contribution is 5.94. The molecule has 0 heterocycles. The first kappa shape index (κ1) is 12.6. The van der Waals surface area contributed by atoms with E-state index < -0.39 is 5.97 Å². The van der Waals surface area contributed by atoms with Crippen LogP contribution in [0.2, 0.25) is 0 Å². The van der Waals surface area contributed by atoms with Crippen LogP contribution in [0.1, 0.15) is 33.6 Å². The van der Waals surface area contributed by atoms with Gasteiger partial charge in [0, 0.05) is 5.41 Å². The summed E-state index contributed by atoms with van der Waals surface area (Å²) >= 11 is 0. The maximum Gasteiger partial charge on any atom is 0.317 e. The maximum atomic E-state index is 12.5. The van der Waals surface area contributed by atoms with Crippen LogP contribution in [0.25, 0.3) is 0 Å². The van der Waals surface area contributed by atoms with Crippen LogP contribution < -0.4 is 0 Å². The van der Waals surface area contributed by atoms with Gasteiger partial charge >= 0.3 is 5.97 Å². The molecule has 0 aliphatic heterocycles. The average Bonchev–Trinajstić information content (AvgIpc) is 2.48. The number of carboxylic acid groups (broad SMARTS) is 1. The van der Waals surface area contributed by atoms with Crippen molar-refractivity contribution in [1.29, 1.82) is 0 Å². The van der Waals surface area contributed by atoms with Crippen molar-refractivity contribution in [3.63, 3.8) is 0 Å². The number of fused-ring (bicyclic) bond motifs is 2. The van der Waals surface area contributed by atoms with Crippen molar-refractivity contribution in [2.45, 2.75) is 39.7 Å². The molecule has 2 saturated carbocycles. The summed E-state index contributed by atoms with van der Waals surface area (Å²) in [5.41, 5.74) is -0.281. The van der Waals surface area contributed by atoms with Crippen LogP contribution in [-0.2, 0) is 9.59 Å². The lowest BCUT2D eigenvalue weighted by atomic mass is 9.70. The van der Waals surface area contributed by atoms with E-state index in [1.807, 2.05) is 6.92 Å². The third-order valence-corrected chi connectivity index (χ3v) is 5.36. The lowest BCUT2D eigenvalue weighted by Gasteiger charge is -2.32. The lowest BCUT2D eigenvalue weighted by molar-refractivity contribution is -0.140. The topological polar surface area (TPSA) is 57.6 Å². The molecular weight excluding hydrogens is 218 g/mol. The van der Waals surface area contributed by atoms with Crippen molar-refractivity contribution in [3.8, 4) is 0 Å². The van der Waals surface area contributed by atoms with E-state index in [2.05, 4.69) is 13.8 Å². The van der Waals surface area contributed by atoms with E-state index in [0.717, 1.165) is 12.8 Å². The molecule has 0 spiro atoms. The summed E-state index contributed by atoms with van der Waals surface area (Å²) in [5, 5.41) is 8.84. The molecule has 1 N–H and O–H groups in total. The summed E-state index contributed by atoms with van der Waals surface area (Å²) < 4.78 is 0. The third-order valence-electron chi connectivity index (χ3n) is 5.36. The number of carbonyl (C=O) groups is 2. The van der Waals surface area contributed by atoms with E-state index in [1.165, 1.54) is 0 Å². The Morgan fingerprint density at radius 2 is 2.06 bits per heavy atom. The molecule has 0 amide bonds. The van der Waals surface area contributed by atoms with Crippen molar-refractivity contribution in [1.82, 2.24) is 4.90 Å². The molecule has 4 nitrogen and oxygen atoms in total. The average molecular weight is 239 g/mol. The number of nitrogens with zero attached hydrogens (tertiary/aromatic N) is 1. The van der Waals surface area contributed by atoms with E-state index in [4.69, 9.17) is 5.11 Å². The predicted molar refractivity (Wildman–Crippen MR) is 63.7 cm³/mol. The number of hydrogen-bond acceptors (Lipinski definition) is 3. The second kappa shape index (κ2) is 3.55. The fourth-order valence-corrected chi connectivity index (χ4v) is 3.86. The van der Waals surface area contributed by atoms with E-state index in [1.54, 1.807) is 11.9 Å². The molecule has 0 aromatic heterocycles. The monoisotopic (exact) mass is 239 g/mol. The molecular formula is C13H21NO3. The molecule has 3 unspecified atom stereocenters. The van der Waals surface area contributed by atoms with Crippen LogP contribution in [0.4, 0.5) is 0 Å². The third kappa shape index (κ3) is 1.46. The van der Waals surface area contributed by atoms with Crippen LogP contribution in [0.5, 0.6) is 0 Å². The molecule has 0 radical (unpaired) electrons. The molecule has 2 bridgehead atoms. The number of rotatable bonds is 3. The summed E-state index contributed by atoms with van der Waals surface area (Å²) in [6.45, 7) is 6.29. The van der Waals surface area contributed by atoms with E-state index in [-0.39, 0.29) is 29.2 Å². The zero-order chi connectivity index (χ0) is 13.0. The highest BCUT2D eigenvalue weighted by atomic mass is 16.4. The van der Waals surface area contributed by atoms with Crippen molar-refractivity contribution in [2.24, 2.45) is 16.7 Å². The fraction of sp³-hybridized carbons (Fsp3) is 0.846. The molecule has 2 rings (SSSR count). The number of carboxylic acids is 1. The molecule has 17 heavy (non-hydrogen) atoms. The maximum absolute atomic E-state index is 12.5. The molecule has 3 atom stereocenters. The first-order valence-corrected chi connectivity index (χ1v) is 6.18. The quantitative estimate of drug-likeness (QED) is 0.808. The highest BCUT2D eigenvalue weighted by Crippen LogP contribution is 2.64. The number of carbonyl (C=O) groups excluding carboxylic acids is 1. The lowest BCUT2D eigenvalue weighted by Crippen LogP contribution is -2.46. The largest absolute Gasteiger partial charge is 0.480 e. The molecule has 4 heteroatoms. The normalized spacial score (nSPS) is 39.0. The first-order valence-electron chi connectivity index (χ1n) is 6.18. The van der Waals surface area contributed by atoms with Crippen molar-refractivity contribution < 1.29 is 14.7 Å². The predicted octanol–water partition coefficient (Wildman–Crippen LogP) is 1.40. The second-order valence-electron chi connectivity index (χ2n) is 6.32. The van der Waals surface area contributed by atoms with Gasteiger partial charge in [-0.3, -0.25) is 14.5 Å². The van der Waals surface area contributed by atoms with Gasteiger partial charge in [0.05, 0.1) is 12.6 Å². The van der Waals surface area contributed by atoms with Crippen LogP contribution in [-0.4, -0.2) is 41.4 Å². The van der Waals surface area contributed by atoms with Crippen LogP contribution in [0, 0.1) is 16.7 Å². The van der Waals surface area contributed by atoms with Crippen molar-refractivity contribution >= 4 is 11.8 Å². The standard InChI is InChI=1S/C13H21NO3/c1-12(2)8-5-6-13(12,3)11(17)10(8)14(4)7-9(15)16/h8,10H,5-7H2,1-4H3,(H,15,16). The van der Waals surface area contributed by atoms with Gasteiger partial charge in [0.2, 0.25) is 0 Å². The van der Waals surface area contributed by atoms with E-state index in [9.17, 15) is 9.59 Å². The SMILES string of the molecule is CN(CC(=O)O)C1C(=O)C2(C)CCC1C2(C)C. The van der Waals surface area contributed by atoms with Crippen LogP contribution >= 0.6 is 0 Å². The molecule has 0 aromatic rings. The van der Waals surface area contributed by atoms with Crippen LogP contribution in [0.15, 0.2) is 0 Å². The van der Waals surface area contributed by atoms with Crippen molar-refractivity contribution in [2.75, 3.05) is 13.6 Å². The van der Waals surface area contributed by atoms with Gasteiger partial charge in [-0.15, -0.1) is 0 Å². The van der Waals surface area contributed by atoms with Crippen LogP contribution in [0.3, 0.4) is 0 Å². The van der Waals surface area contributed by atoms with E-state index in [0.29, 0.717) is 5.92 Å². The van der Waals surface area contributed by atoms with Gasteiger partial charge in [-0.05, 0) is 31.2 Å². The van der Waals surface area contributed by atoms with Gasteiger partial charge in [-0.25, -0.2) is 0 Å². The highest BCUT2D eigenvalue weighted by Gasteiger charge is 2.66. The van der Waals surface area contributed by atoms with Gasteiger partial charge in [0.1, 0.15) is 0 Å². The molecule has 0 saturated heterocycles. The Morgan fingerprint density at radius 1 is 1.47 bits per heavy atom. The number of aliphatic carboxylic acids is 1. The smallest absolute Gasteiger partial charge is 0.317 e. The number of likely N-dealkylation sites (N-methyl/N-ethyl adjacent to an activating group) is 1. The first-order chi connectivity index (χ1) is 7.72. The summed E-state index contributed by atoms with van der Waals surface area (Å²) in [7, 11) is 1.75. The van der Waals surface area contributed by atoms with E-state index >= 15 is 0 Å². The molecule has 0 aromatic carbocycles. The zero-order valence-electron chi connectivity index (χ0n) is 11.0. The van der Waals surface area contributed by atoms with Gasteiger partial charge in [-0.2, -0.15) is 0 Å². The Labute approximate surface area is 102 Å². The van der Waals surface area contributed by atoms with Gasteiger partial charge in [0.15, 0.2) is 5.78 Å². The number of Topliss-reactive ketones (excluding diaryl/α,β-unsaturated/α-hetero) is 1. The molecule has 2 aliphatic carbocycles. The Hall–Kier alpha value is -0.900. The second-order valence-corrected chi connectivity index (χ2v) is 6.32. The zero-order valence-corrected chi connectivity index (χ0v) is 11.0. The molecule has 2 fully saturated rings. The Balaban J connectivity index is 2.28. The fourth-order valence-electron chi connectivity index (χ4n) is 3.86. The minimum Gasteiger partial charge on any atom is -0.480 e. The Kier molecular flexibility index (Phi) is 2.62. The van der Waals surface area contributed by atoms with Gasteiger partial charge in [0.25, 0.3) is 0 Å². The van der Waals surface area contributed by atoms with Crippen molar-refractivity contribution in [3.05, 3.63) is 0 Å². The Bertz CT molecular complexity index is 377. The summed E-state index contributed by atoms with van der Waals surface area (Å²) in [5.74, 6) is -0.335. The molecule has 96 valence electrons. The van der Waals surface area contributed by atoms with Gasteiger partial charge < -0.3 is 5.11 Å². The van der Waals surface area contributed by atoms with Gasteiger partial charge in [-0.1, -0.05) is 20.8 Å². The minimum absolute atomic E-state index is 0.0124. The Morgan fingerprint density at radius 3 is 2.47 bits per heavy atom. The molecule has 2 aliphatic rings. The summed E-state index contributed by atoms with van der Waals surface area (Å²) in [6, 6.07) is -0.208. The minimum atomic E-state index is -0.869. The number of hydrogen-bond donors (Lipinski definition) is 1. The summed E-state index contributed by atoms with van der Waals surface area (Å²) in [6.07, 6.45) is 1.98.